The Balaban J connectivity index is 1.61. The van der Waals surface area contributed by atoms with E-state index in [4.69, 9.17) is 0 Å². The molecule has 100 valence electrons. The monoisotopic (exact) mass is 258 g/mol. The van der Waals surface area contributed by atoms with Crippen LogP contribution < -0.4 is 10.6 Å². The number of hydrogen-bond donors (Lipinski definition) is 3. The summed E-state index contributed by atoms with van der Waals surface area (Å²) in [5.41, 5.74) is 1.77. The summed E-state index contributed by atoms with van der Waals surface area (Å²) in [6.45, 7) is 2.05. The fraction of sp³-hybridized carbons (Fsp3) is 0.429. The van der Waals surface area contributed by atoms with Crippen molar-refractivity contribution in [3.05, 3.63) is 24.4 Å². The summed E-state index contributed by atoms with van der Waals surface area (Å²) in [6, 6.07) is 5.79. The number of fused-ring (bicyclic) bond motifs is 1. The molecule has 1 aromatic heterocycles. The molecule has 1 fully saturated rings. The summed E-state index contributed by atoms with van der Waals surface area (Å²) < 4.78 is 0. The summed E-state index contributed by atoms with van der Waals surface area (Å²) in [7, 11) is 0. The molecule has 0 bridgehead atoms. The molecular weight excluding hydrogens is 240 g/mol. The lowest BCUT2D eigenvalue weighted by atomic mass is 9.94. The minimum atomic E-state index is 0.103. The maximum atomic E-state index is 12.0. The van der Waals surface area contributed by atoms with Crippen LogP contribution in [0.1, 0.15) is 19.3 Å². The number of hydrogen-bond acceptors (Lipinski definition) is 3. The molecule has 0 unspecified atom stereocenters. The molecule has 1 aliphatic rings. The van der Waals surface area contributed by atoms with E-state index in [1.54, 1.807) is 6.20 Å². The van der Waals surface area contributed by atoms with E-state index < -0.39 is 0 Å². The quantitative estimate of drug-likeness (QED) is 0.787. The normalized spacial score (nSPS) is 16.6. The Morgan fingerprint density at radius 1 is 1.37 bits per heavy atom. The van der Waals surface area contributed by atoms with Gasteiger partial charge in [0.05, 0.1) is 11.7 Å². The Morgan fingerprint density at radius 2 is 2.21 bits per heavy atom. The molecule has 1 aromatic carbocycles. The van der Waals surface area contributed by atoms with Crippen molar-refractivity contribution in [1.82, 2.24) is 15.5 Å². The second kappa shape index (κ2) is 5.40. The van der Waals surface area contributed by atoms with Crippen LogP contribution in [0, 0.1) is 5.92 Å². The lowest BCUT2D eigenvalue weighted by Gasteiger charge is -2.21. The highest BCUT2D eigenvalue weighted by atomic mass is 16.1. The van der Waals surface area contributed by atoms with Crippen molar-refractivity contribution in [3.63, 3.8) is 0 Å². The van der Waals surface area contributed by atoms with Gasteiger partial charge in [0, 0.05) is 17.5 Å². The zero-order valence-corrected chi connectivity index (χ0v) is 10.8. The second-order valence-corrected chi connectivity index (χ2v) is 5.12. The molecule has 3 rings (SSSR count). The highest BCUT2D eigenvalue weighted by molar-refractivity contribution is 5.93. The molecule has 0 spiro atoms. The maximum Gasteiger partial charge on any atom is 0.224 e. The third-order valence-corrected chi connectivity index (χ3v) is 3.66. The van der Waals surface area contributed by atoms with Gasteiger partial charge < -0.3 is 10.6 Å². The number of rotatable bonds is 3. The maximum absolute atomic E-state index is 12.0. The molecular formula is C14H18N4O. The minimum absolute atomic E-state index is 0.103. The fourth-order valence-electron chi connectivity index (χ4n) is 2.57. The van der Waals surface area contributed by atoms with Crippen LogP contribution in [0.4, 0.5) is 5.69 Å². The van der Waals surface area contributed by atoms with Crippen LogP contribution >= 0.6 is 0 Å². The number of aromatic amines is 1. The Bertz CT molecular complexity index is 572. The Hall–Kier alpha value is -1.88. The zero-order chi connectivity index (χ0) is 13.1. The topological polar surface area (TPSA) is 69.8 Å². The molecule has 1 aliphatic heterocycles. The van der Waals surface area contributed by atoms with Gasteiger partial charge in [0.15, 0.2) is 0 Å². The Morgan fingerprint density at radius 3 is 3.05 bits per heavy atom. The van der Waals surface area contributed by atoms with Crippen molar-refractivity contribution in [2.45, 2.75) is 19.3 Å². The van der Waals surface area contributed by atoms with Crippen molar-refractivity contribution in [3.8, 4) is 0 Å². The van der Waals surface area contributed by atoms with Crippen LogP contribution in [0.5, 0.6) is 0 Å². The highest BCUT2D eigenvalue weighted by Crippen LogP contribution is 2.19. The average molecular weight is 258 g/mol. The van der Waals surface area contributed by atoms with E-state index in [2.05, 4.69) is 20.8 Å². The standard InChI is InChI=1S/C14H18N4O/c19-14(7-10-3-5-15-6-4-10)17-12-2-1-11-9-16-18-13(11)8-12/h1-2,8-10,15H,3-7H2,(H,16,18)(H,17,19). The van der Waals surface area contributed by atoms with Gasteiger partial charge in [0.1, 0.15) is 0 Å². The van der Waals surface area contributed by atoms with E-state index >= 15 is 0 Å². The smallest absolute Gasteiger partial charge is 0.224 e. The predicted molar refractivity (Wildman–Crippen MR) is 74.9 cm³/mol. The van der Waals surface area contributed by atoms with E-state index in [9.17, 15) is 4.79 Å². The summed E-state index contributed by atoms with van der Waals surface area (Å²) in [5.74, 6) is 0.614. The first kappa shape index (κ1) is 12.2. The third kappa shape index (κ3) is 2.93. The van der Waals surface area contributed by atoms with Gasteiger partial charge >= 0.3 is 0 Å². The van der Waals surface area contributed by atoms with Gasteiger partial charge in [-0.3, -0.25) is 9.89 Å². The molecule has 1 amide bonds. The van der Waals surface area contributed by atoms with Crippen molar-refractivity contribution >= 4 is 22.5 Å². The molecule has 19 heavy (non-hydrogen) atoms. The lowest BCUT2D eigenvalue weighted by molar-refractivity contribution is -0.117. The van der Waals surface area contributed by atoms with Gasteiger partial charge in [-0.15, -0.1) is 0 Å². The number of aromatic nitrogens is 2. The molecule has 2 heterocycles. The molecule has 0 radical (unpaired) electrons. The van der Waals surface area contributed by atoms with E-state index in [0.717, 1.165) is 42.5 Å². The van der Waals surface area contributed by atoms with Gasteiger partial charge in [-0.1, -0.05) is 0 Å². The molecule has 0 atom stereocenters. The zero-order valence-electron chi connectivity index (χ0n) is 10.8. The van der Waals surface area contributed by atoms with Gasteiger partial charge in [-0.25, -0.2) is 0 Å². The summed E-state index contributed by atoms with van der Waals surface area (Å²) >= 11 is 0. The van der Waals surface area contributed by atoms with Gasteiger partial charge in [-0.05, 0) is 50.0 Å². The number of carbonyl (C=O) groups excluding carboxylic acids is 1. The Kier molecular flexibility index (Phi) is 3.46. The average Bonchev–Trinajstić information content (AvgIpc) is 2.87. The molecule has 5 heteroatoms. The third-order valence-electron chi connectivity index (χ3n) is 3.66. The number of piperidine rings is 1. The largest absolute Gasteiger partial charge is 0.326 e. The minimum Gasteiger partial charge on any atom is -0.326 e. The number of benzene rings is 1. The van der Waals surface area contributed by atoms with Gasteiger partial charge in [-0.2, -0.15) is 5.10 Å². The van der Waals surface area contributed by atoms with Crippen LogP contribution in [-0.2, 0) is 4.79 Å². The van der Waals surface area contributed by atoms with Crippen molar-refractivity contribution < 1.29 is 4.79 Å². The summed E-state index contributed by atoms with van der Waals surface area (Å²) in [4.78, 5) is 12.0. The fourth-order valence-corrected chi connectivity index (χ4v) is 2.57. The molecule has 0 saturated carbocycles. The SMILES string of the molecule is O=C(CC1CCNCC1)Nc1ccc2cn[nH]c2c1. The summed E-state index contributed by atoms with van der Waals surface area (Å²) in [5, 5.41) is 14.2. The van der Waals surface area contributed by atoms with Crippen LogP contribution in [0.2, 0.25) is 0 Å². The molecule has 0 aliphatic carbocycles. The molecule has 1 saturated heterocycles. The van der Waals surface area contributed by atoms with Gasteiger partial charge in [0.25, 0.3) is 0 Å². The second-order valence-electron chi connectivity index (χ2n) is 5.12. The number of nitrogens with one attached hydrogen (secondary N) is 3. The van der Waals surface area contributed by atoms with Crippen molar-refractivity contribution in [2.24, 2.45) is 5.92 Å². The van der Waals surface area contributed by atoms with E-state index in [1.165, 1.54) is 0 Å². The van der Waals surface area contributed by atoms with Crippen LogP contribution in [0.15, 0.2) is 24.4 Å². The molecule has 3 N–H and O–H groups in total. The Labute approximate surface area is 111 Å². The van der Waals surface area contributed by atoms with Gasteiger partial charge in [0.2, 0.25) is 5.91 Å². The van der Waals surface area contributed by atoms with E-state index in [0.29, 0.717) is 12.3 Å². The van der Waals surface area contributed by atoms with Crippen molar-refractivity contribution in [2.75, 3.05) is 18.4 Å². The number of H-pyrrole nitrogens is 1. The first-order valence-corrected chi connectivity index (χ1v) is 6.75. The van der Waals surface area contributed by atoms with Crippen LogP contribution in [-0.4, -0.2) is 29.2 Å². The number of amides is 1. The van der Waals surface area contributed by atoms with Crippen molar-refractivity contribution in [1.29, 1.82) is 0 Å². The molecule has 5 nitrogen and oxygen atoms in total. The van der Waals surface area contributed by atoms with Crippen LogP contribution in [0.25, 0.3) is 10.9 Å². The lowest BCUT2D eigenvalue weighted by Crippen LogP contribution is -2.30. The highest BCUT2D eigenvalue weighted by Gasteiger charge is 2.16. The first-order chi connectivity index (χ1) is 9.31. The van der Waals surface area contributed by atoms with E-state index in [-0.39, 0.29) is 5.91 Å². The van der Waals surface area contributed by atoms with Crippen LogP contribution in [0.3, 0.4) is 0 Å². The number of nitrogens with zero attached hydrogens (tertiary/aromatic N) is 1. The number of carbonyl (C=O) groups is 1. The summed E-state index contributed by atoms with van der Waals surface area (Å²) in [6.07, 6.45) is 4.57. The first-order valence-electron chi connectivity index (χ1n) is 6.75. The molecule has 2 aromatic rings. The predicted octanol–water partition coefficient (Wildman–Crippen LogP) is 1.89. The van der Waals surface area contributed by atoms with E-state index in [1.807, 2.05) is 18.2 Å². The number of anilines is 1.